The minimum atomic E-state index is -0.456. The number of hydrogen-bond donors (Lipinski definition) is 0. The van der Waals surface area contributed by atoms with Gasteiger partial charge >= 0.3 is 0 Å². The van der Waals surface area contributed by atoms with E-state index in [0.717, 1.165) is 32.4 Å². The van der Waals surface area contributed by atoms with Crippen LogP contribution in [-0.4, -0.2) is 55.0 Å². The van der Waals surface area contributed by atoms with Crippen molar-refractivity contribution in [3.63, 3.8) is 0 Å². The van der Waals surface area contributed by atoms with Crippen LogP contribution in [0.15, 0.2) is 24.3 Å². The molecule has 0 radical (unpaired) electrons. The summed E-state index contributed by atoms with van der Waals surface area (Å²) in [5.74, 6) is -0.800. The number of nitrogens with zero attached hydrogens (tertiary/aromatic N) is 2. The molecule has 0 N–H and O–H groups in total. The van der Waals surface area contributed by atoms with Gasteiger partial charge in [-0.25, -0.2) is 4.39 Å². The van der Waals surface area contributed by atoms with Crippen molar-refractivity contribution in [2.45, 2.75) is 44.1 Å². The lowest BCUT2D eigenvalue weighted by Crippen LogP contribution is -2.51. The lowest BCUT2D eigenvalue weighted by molar-refractivity contribution is -0.195. The Bertz CT molecular complexity index is 630. The van der Waals surface area contributed by atoms with Crippen molar-refractivity contribution < 1.29 is 18.7 Å². The molecule has 3 aliphatic heterocycles. The summed E-state index contributed by atoms with van der Waals surface area (Å²) in [7, 11) is 0. The second kappa shape index (κ2) is 6.10. The van der Waals surface area contributed by atoms with Crippen molar-refractivity contribution in [2.24, 2.45) is 0 Å². The van der Waals surface area contributed by atoms with Gasteiger partial charge in [0.25, 0.3) is 0 Å². The van der Waals surface area contributed by atoms with Crippen molar-refractivity contribution in [3.8, 4) is 0 Å². The zero-order valence-corrected chi connectivity index (χ0v) is 13.9. The minimum absolute atomic E-state index is 0.00215. The van der Waals surface area contributed by atoms with Gasteiger partial charge < -0.3 is 14.4 Å². The molecule has 3 heterocycles. The highest BCUT2D eigenvalue weighted by molar-refractivity contribution is 5.99. The molecule has 0 aromatic heterocycles. The Morgan fingerprint density at radius 1 is 1.21 bits per heavy atom. The molecule has 0 saturated carbocycles. The first-order valence-electron chi connectivity index (χ1n) is 8.70. The molecule has 0 aliphatic carbocycles. The summed E-state index contributed by atoms with van der Waals surface area (Å²) in [5.41, 5.74) is 0.384. The number of benzene rings is 1. The van der Waals surface area contributed by atoms with E-state index in [0.29, 0.717) is 18.8 Å². The quantitative estimate of drug-likeness (QED) is 0.831. The number of para-hydroxylation sites is 1. The molecule has 3 aliphatic rings. The third kappa shape index (κ3) is 2.72. The maximum Gasteiger partial charge on any atom is 0.244 e. The van der Waals surface area contributed by atoms with Gasteiger partial charge in [-0.3, -0.25) is 9.69 Å². The number of ether oxygens (including phenoxy) is 2. The zero-order valence-electron chi connectivity index (χ0n) is 13.9. The van der Waals surface area contributed by atoms with Gasteiger partial charge in [0.1, 0.15) is 5.82 Å². The first kappa shape index (κ1) is 16.0. The molecule has 6 heteroatoms. The number of carbonyl (C=O) groups is 1. The largest absolute Gasteiger partial charge is 0.347 e. The predicted molar refractivity (Wildman–Crippen MR) is 87.2 cm³/mol. The van der Waals surface area contributed by atoms with E-state index < -0.39 is 5.79 Å². The average molecular weight is 334 g/mol. The average Bonchev–Trinajstić information content (AvgIpc) is 3.13. The van der Waals surface area contributed by atoms with E-state index >= 15 is 0 Å². The van der Waals surface area contributed by atoms with Crippen molar-refractivity contribution in [1.29, 1.82) is 0 Å². The molecule has 130 valence electrons. The highest BCUT2D eigenvalue weighted by atomic mass is 19.1. The van der Waals surface area contributed by atoms with Crippen molar-refractivity contribution in [2.75, 3.05) is 31.1 Å². The Morgan fingerprint density at radius 2 is 1.96 bits per heavy atom. The van der Waals surface area contributed by atoms with Crippen LogP contribution in [0.5, 0.6) is 0 Å². The molecule has 2 atom stereocenters. The summed E-state index contributed by atoms with van der Waals surface area (Å²) < 4.78 is 25.8. The van der Waals surface area contributed by atoms with Crippen LogP contribution < -0.4 is 4.90 Å². The van der Waals surface area contributed by atoms with Crippen LogP contribution in [0.1, 0.15) is 26.2 Å². The molecule has 1 spiro atoms. The van der Waals surface area contributed by atoms with Crippen molar-refractivity contribution in [3.05, 3.63) is 30.1 Å². The highest BCUT2D eigenvalue weighted by Crippen LogP contribution is 2.36. The predicted octanol–water partition coefficient (Wildman–Crippen LogP) is 2.16. The molecule has 5 nitrogen and oxygen atoms in total. The molecule has 4 rings (SSSR count). The van der Waals surface area contributed by atoms with Gasteiger partial charge in [-0.1, -0.05) is 12.1 Å². The van der Waals surface area contributed by atoms with Gasteiger partial charge in [0, 0.05) is 32.5 Å². The second-order valence-corrected chi connectivity index (χ2v) is 6.93. The van der Waals surface area contributed by atoms with E-state index in [1.807, 2.05) is 6.92 Å². The van der Waals surface area contributed by atoms with Crippen molar-refractivity contribution >= 4 is 11.6 Å². The fraction of sp³-hybridized carbons (Fsp3) is 0.611. The molecular formula is C18H23FN2O3. The van der Waals surface area contributed by atoms with Gasteiger partial charge in [-0.05, 0) is 25.5 Å². The van der Waals surface area contributed by atoms with E-state index in [9.17, 15) is 9.18 Å². The molecule has 24 heavy (non-hydrogen) atoms. The van der Waals surface area contributed by atoms with E-state index in [1.54, 1.807) is 23.1 Å². The van der Waals surface area contributed by atoms with E-state index in [1.165, 1.54) is 6.07 Å². The maximum atomic E-state index is 14.0. The minimum Gasteiger partial charge on any atom is -0.347 e. The molecule has 3 saturated heterocycles. The summed E-state index contributed by atoms with van der Waals surface area (Å²) >= 11 is 0. The number of piperidine rings is 1. The number of halogens is 1. The molecule has 0 unspecified atom stereocenters. The topological polar surface area (TPSA) is 42.0 Å². The highest BCUT2D eigenvalue weighted by Gasteiger charge is 2.46. The second-order valence-electron chi connectivity index (χ2n) is 6.93. The summed E-state index contributed by atoms with van der Waals surface area (Å²) in [6.45, 7) is 4.77. The Labute approximate surface area is 141 Å². The molecular weight excluding hydrogens is 311 g/mol. The number of rotatable bonds is 2. The first-order chi connectivity index (χ1) is 11.6. The number of carbonyl (C=O) groups excluding carboxylic acids is 1. The molecule has 1 aromatic carbocycles. The maximum absolute atomic E-state index is 14.0. The van der Waals surface area contributed by atoms with Crippen LogP contribution in [0.2, 0.25) is 0 Å². The third-order valence-corrected chi connectivity index (χ3v) is 5.32. The van der Waals surface area contributed by atoms with Crippen LogP contribution in [0.4, 0.5) is 10.1 Å². The van der Waals surface area contributed by atoms with Crippen LogP contribution in [-0.2, 0) is 14.3 Å². The van der Waals surface area contributed by atoms with E-state index in [2.05, 4.69) is 4.90 Å². The summed E-state index contributed by atoms with van der Waals surface area (Å²) in [5, 5.41) is 0. The zero-order chi connectivity index (χ0) is 16.7. The van der Waals surface area contributed by atoms with Gasteiger partial charge in [0.15, 0.2) is 5.79 Å². The number of hydrogen-bond acceptors (Lipinski definition) is 4. The lowest BCUT2D eigenvalue weighted by atomic mass is 10.0. The molecule has 3 fully saturated rings. The smallest absolute Gasteiger partial charge is 0.244 e. The Hall–Kier alpha value is -1.50. The number of amides is 1. The summed E-state index contributed by atoms with van der Waals surface area (Å²) in [6.07, 6.45) is 2.43. The standard InChI is InChI=1S/C18H23FN2O3/c1-13-12-23-18(24-13)7-10-20(11-8-18)16-6-9-21(17(16)22)15-5-3-2-4-14(15)19/h2-5,13,16H,6-12H2,1H3/t13-,16-/m0/s1. The normalized spacial score (nSPS) is 30.4. The van der Waals surface area contributed by atoms with Gasteiger partial charge in [-0.15, -0.1) is 0 Å². The molecule has 0 bridgehead atoms. The third-order valence-electron chi connectivity index (χ3n) is 5.32. The van der Waals surface area contributed by atoms with Crippen LogP contribution in [0.3, 0.4) is 0 Å². The van der Waals surface area contributed by atoms with Gasteiger partial charge in [0.05, 0.1) is 24.4 Å². The lowest BCUT2D eigenvalue weighted by Gasteiger charge is -2.39. The van der Waals surface area contributed by atoms with Crippen molar-refractivity contribution in [1.82, 2.24) is 4.90 Å². The van der Waals surface area contributed by atoms with Crippen LogP contribution >= 0.6 is 0 Å². The number of anilines is 1. The Balaban J connectivity index is 1.42. The monoisotopic (exact) mass is 334 g/mol. The van der Waals surface area contributed by atoms with E-state index in [-0.39, 0.29) is 23.9 Å². The Morgan fingerprint density at radius 3 is 2.62 bits per heavy atom. The SMILES string of the molecule is C[C@H]1COC2(CCN([C@H]3CCN(c4ccccc4F)C3=O)CC2)O1. The van der Waals surface area contributed by atoms with Gasteiger partial charge in [-0.2, -0.15) is 0 Å². The van der Waals surface area contributed by atoms with Gasteiger partial charge in [0.2, 0.25) is 5.91 Å². The fourth-order valence-electron chi connectivity index (χ4n) is 4.06. The van der Waals surface area contributed by atoms with Crippen LogP contribution in [0, 0.1) is 5.82 Å². The molecule has 1 aromatic rings. The summed E-state index contributed by atoms with van der Waals surface area (Å²) in [6, 6.07) is 6.31. The molecule has 1 amide bonds. The van der Waals surface area contributed by atoms with Crippen LogP contribution in [0.25, 0.3) is 0 Å². The fourth-order valence-corrected chi connectivity index (χ4v) is 4.06. The van der Waals surface area contributed by atoms with E-state index in [4.69, 9.17) is 9.47 Å². The Kier molecular flexibility index (Phi) is 4.06. The first-order valence-corrected chi connectivity index (χ1v) is 8.70. The summed E-state index contributed by atoms with van der Waals surface area (Å²) in [4.78, 5) is 16.6. The number of likely N-dealkylation sites (tertiary alicyclic amines) is 1.